The molecule has 0 aliphatic heterocycles. The Bertz CT molecular complexity index is 1970. The summed E-state index contributed by atoms with van der Waals surface area (Å²) in [4.78, 5) is 15.9. The fourth-order valence-electron chi connectivity index (χ4n) is 4.39. The van der Waals surface area contributed by atoms with E-state index in [9.17, 15) is 17.6 Å². The quantitative estimate of drug-likeness (QED) is 0.147. The van der Waals surface area contributed by atoms with Crippen LogP contribution < -0.4 is 4.72 Å². The molecular weight excluding hydrogens is 642 g/mol. The number of thioether (sulfide) groups is 1. The molecule has 0 spiro atoms. The lowest BCUT2D eigenvalue weighted by Crippen LogP contribution is -2.27. The van der Waals surface area contributed by atoms with Crippen LogP contribution in [0.25, 0.3) is 23.1 Å². The molecule has 0 aliphatic carbocycles. The van der Waals surface area contributed by atoms with Gasteiger partial charge in [0.1, 0.15) is 5.82 Å². The zero-order valence-corrected chi connectivity index (χ0v) is 26.1. The van der Waals surface area contributed by atoms with E-state index < -0.39 is 27.1 Å². The second-order valence-electron chi connectivity index (χ2n) is 9.79. The van der Waals surface area contributed by atoms with Gasteiger partial charge in [-0.3, -0.25) is 0 Å². The number of aromatic nitrogens is 1. The van der Waals surface area contributed by atoms with Crippen LogP contribution in [0.15, 0.2) is 102 Å². The Morgan fingerprint density at radius 2 is 1.68 bits per heavy atom. The Kier molecular flexibility index (Phi) is 10.0. The van der Waals surface area contributed by atoms with Crippen LogP contribution in [-0.2, 0) is 15.8 Å². The number of sulfonamides is 1. The van der Waals surface area contributed by atoms with E-state index in [0.717, 1.165) is 33.8 Å². The molecule has 1 heterocycles. The Morgan fingerprint density at radius 3 is 2.43 bits per heavy atom. The van der Waals surface area contributed by atoms with Crippen molar-refractivity contribution in [2.45, 2.75) is 15.9 Å². The number of carboxylic acid groups (broad SMARTS) is 1. The van der Waals surface area contributed by atoms with Gasteiger partial charge in [-0.05, 0) is 77.4 Å². The molecule has 6 nitrogen and oxygen atoms in total. The number of nitrogens with one attached hydrogen (secondary N) is 1. The highest BCUT2D eigenvalue weighted by atomic mass is 35.5. The zero-order chi connectivity index (χ0) is 31.3. The van der Waals surface area contributed by atoms with Crippen molar-refractivity contribution in [2.75, 3.05) is 6.54 Å². The van der Waals surface area contributed by atoms with Crippen LogP contribution in [0.3, 0.4) is 0 Å². The largest absolute Gasteiger partial charge is 0.478 e. The number of aromatic carboxylic acids is 1. The summed E-state index contributed by atoms with van der Waals surface area (Å²) in [7, 11) is -3.86. The van der Waals surface area contributed by atoms with Crippen molar-refractivity contribution in [1.29, 1.82) is 0 Å². The third-order valence-electron chi connectivity index (χ3n) is 6.73. The average Bonchev–Trinajstić information content (AvgIpc) is 3.00. The smallest absolute Gasteiger partial charge is 0.335 e. The number of pyridine rings is 1. The van der Waals surface area contributed by atoms with Crippen LogP contribution in [0.4, 0.5) is 4.39 Å². The first-order valence-corrected chi connectivity index (χ1v) is 16.6. The monoisotopic (exact) mass is 666 g/mol. The van der Waals surface area contributed by atoms with Crippen LogP contribution >= 0.6 is 35.0 Å². The minimum Gasteiger partial charge on any atom is -0.478 e. The van der Waals surface area contributed by atoms with Crippen LogP contribution in [0, 0.1) is 5.82 Å². The molecule has 0 saturated carbocycles. The number of rotatable bonds is 11. The van der Waals surface area contributed by atoms with Gasteiger partial charge in [-0.25, -0.2) is 27.3 Å². The minimum absolute atomic E-state index is 0.0185. The van der Waals surface area contributed by atoms with Gasteiger partial charge in [0, 0.05) is 33.0 Å². The van der Waals surface area contributed by atoms with E-state index in [0.29, 0.717) is 15.6 Å². The van der Waals surface area contributed by atoms with E-state index in [1.54, 1.807) is 6.07 Å². The van der Waals surface area contributed by atoms with Gasteiger partial charge in [0.25, 0.3) is 0 Å². The summed E-state index contributed by atoms with van der Waals surface area (Å²) in [5.74, 6) is -1.67. The van der Waals surface area contributed by atoms with Gasteiger partial charge in [-0.15, -0.1) is 11.8 Å². The van der Waals surface area contributed by atoms with Crippen molar-refractivity contribution in [2.24, 2.45) is 0 Å². The molecule has 224 valence electrons. The van der Waals surface area contributed by atoms with E-state index >= 15 is 0 Å². The summed E-state index contributed by atoms with van der Waals surface area (Å²) in [6.07, 6.45) is 3.79. The highest BCUT2D eigenvalue weighted by Crippen LogP contribution is 2.33. The van der Waals surface area contributed by atoms with Gasteiger partial charge in [-0.2, -0.15) is 0 Å². The van der Waals surface area contributed by atoms with E-state index in [-0.39, 0.29) is 22.8 Å². The van der Waals surface area contributed by atoms with Gasteiger partial charge in [-0.1, -0.05) is 71.7 Å². The van der Waals surface area contributed by atoms with Crippen LogP contribution in [-0.4, -0.2) is 31.0 Å². The fourth-order valence-corrected chi connectivity index (χ4v) is 6.99. The Labute approximate surface area is 268 Å². The molecule has 44 heavy (non-hydrogen) atoms. The molecule has 2 N–H and O–H groups in total. The van der Waals surface area contributed by atoms with Crippen LogP contribution in [0.2, 0.25) is 10.0 Å². The summed E-state index contributed by atoms with van der Waals surface area (Å²) in [5.41, 5.74) is 3.36. The lowest BCUT2D eigenvalue weighted by atomic mass is 10.1. The highest BCUT2D eigenvalue weighted by Gasteiger charge is 2.20. The zero-order valence-electron chi connectivity index (χ0n) is 23.0. The summed E-state index contributed by atoms with van der Waals surface area (Å²) in [5, 5.41) is 10.7. The maximum absolute atomic E-state index is 14.7. The molecule has 0 bridgehead atoms. The van der Waals surface area contributed by atoms with Crippen molar-refractivity contribution in [1.82, 2.24) is 9.71 Å². The second kappa shape index (κ2) is 13.9. The summed E-state index contributed by atoms with van der Waals surface area (Å²) >= 11 is 13.4. The summed E-state index contributed by atoms with van der Waals surface area (Å²) in [6.45, 7) is 0.0185. The van der Waals surface area contributed by atoms with Gasteiger partial charge in [0.15, 0.2) is 0 Å². The molecule has 0 fully saturated rings. The first-order valence-electron chi connectivity index (χ1n) is 13.3. The van der Waals surface area contributed by atoms with Crippen LogP contribution in [0.5, 0.6) is 0 Å². The minimum atomic E-state index is -3.86. The molecule has 0 saturated heterocycles. The normalized spacial score (nSPS) is 12.5. The first-order chi connectivity index (χ1) is 21.1. The second-order valence-corrected chi connectivity index (χ2v) is 13.6. The average molecular weight is 668 g/mol. The molecule has 0 radical (unpaired) electrons. The van der Waals surface area contributed by atoms with Crippen molar-refractivity contribution in [3.63, 3.8) is 0 Å². The Balaban J connectivity index is 1.39. The number of nitrogens with zero attached hydrogens (tertiary/aromatic N) is 1. The molecule has 0 amide bonds. The number of carboxylic acids is 1. The molecule has 11 heteroatoms. The molecule has 0 aliphatic rings. The van der Waals surface area contributed by atoms with Gasteiger partial charge >= 0.3 is 5.97 Å². The Morgan fingerprint density at radius 1 is 0.932 bits per heavy atom. The molecule has 4 aromatic carbocycles. The van der Waals surface area contributed by atoms with Crippen molar-refractivity contribution in [3.8, 4) is 0 Å². The van der Waals surface area contributed by atoms with Crippen molar-refractivity contribution >= 4 is 74.0 Å². The van der Waals surface area contributed by atoms with E-state index in [1.807, 2.05) is 60.7 Å². The lowest BCUT2D eigenvalue weighted by Gasteiger charge is -2.19. The molecule has 1 atom stereocenters. The number of fused-ring (bicyclic) bond motifs is 1. The van der Waals surface area contributed by atoms with Gasteiger partial charge in [0.2, 0.25) is 10.0 Å². The van der Waals surface area contributed by atoms with Crippen LogP contribution in [0.1, 0.15) is 38.0 Å². The number of hydrogen-bond donors (Lipinski definition) is 2. The standard InChI is InChI=1S/C33H25Cl2FN2O4S2/c34-26-10-14-29(15-11-26)44(41,42)37-19-32(43-20-25-6-5-24(33(39)40)17-30(25)36)23-3-1-2-21(16-23)4-12-28-13-8-22-7-9-27(35)18-31(22)38-28/h1-18,32,37H,19-20H2,(H,39,40)/b12-4+. The predicted molar refractivity (Wildman–Crippen MR) is 176 cm³/mol. The predicted octanol–water partition coefficient (Wildman–Crippen LogP) is 8.50. The SMILES string of the molecule is O=C(O)c1ccc(CSC(CNS(=O)(=O)c2ccc(Cl)cc2)c2cccc(/C=C/c3ccc4ccc(Cl)cc4n3)c2)c(F)c1. The number of halogens is 3. The molecule has 1 unspecified atom stereocenters. The lowest BCUT2D eigenvalue weighted by molar-refractivity contribution is 0.0696. The summed E-state index contributed by atoms with van der Waals surface area (Å²) in [6, 6.07) is 26.6. The third-order valence-corrected chi connectivity index (χ3v) is 9.97. The maximum Gasteiger partial charge on any atom is 0.335 e. The van der Waals surface area contributed by atoms with E-state index in [1.165, 1.54) is 48.2 Å². The number of benzene rings is 4. The van der Waals surface area contributed by atoms with Gasteiger partial charge in [0.05, 0.1) is 21.7 Å². The molecular formula is C33H25Cl2FN2O4S2. The third kappa shape index (κ3) is 8.05. The summed E-state index contributed by atoms with van der Waals surface area (Å²) < 4.78 is 43.5. The van der Waals surface area contributed by atoms with Gasteiger partial charge < -0.3 is 5.11 Å². The molecule has 1 aromatic heterocycles. The van der Waals surface area contributed by atoms with E-state index in [2.05, 4.69) is 9.71 Å². The van der Waals surface area contributed by atoms with Crippen molar-refractivity contribution < 1.29 is 22.7 Å². The van der Waals surface area contributed by atoms with E-state index in [4.69, 9.17) is 28.3 Å². The maximum atomic E-state index is 14.7. The number of carbonyl (C=O) groups is 1. The highest BCUT2D eigenvalue weighted by molar-refractivity contribution is 7.98. The first kappa shape index (κ1) is 31.7. The van der Waals surface area contributed by atoms with Crippen molar-refractivity contribution in [3.05, 3.63) is 141 Å². The topological polar surface area (TPSA) is 96.4 Å². The molecule has 5 aromatic rings. The fraction of sp³-hybridized carbons (Fsp3) is 0.0909. The number of hydrogen-bond acceptors (Lipinski definition) is 5. The Hall–Kier alpha value is -3.73. The molecule has 5 rings (SSSR count).